The van der Waals surface area contributed by atoms with Gasteiger partial charge in [0.05, 0.1) is 19.3 Å². The van der Waals surface area contributed by atoms with Crippen LogP contribution in [0.1, 0.15) is 30.1 Å². The van der Waals surface area contributed by atoms with E-state index in [-0.39, 0.29) is 22.1 Å². The fraction of sp³-hybridized carbons (Fsp3) is 0.500. The zero-order valence-corrected chi connectivity index (χ0v) is 15.9. The number of rotatable bonds is 6. The van der Waals surface area contributed by atoms with Crippen molar-refractivity contribution in [3.63, 3.8) is 0 Å². The van der Waals surface area contributed by atoms with Crippen molar-refractivity contribution >= 4 is 16.0 Å². The standard InChI is InChI=1S/C18H25NO5S/c1-13-7-5-6-8-15(13)12-24-18(20)14-9-10-16(23-4)17(11-14)25(21,22)19(2)3/h5-6,9-11,13,15H,7-8,12H2,1-4H3. The van der Waals surface area contributed by atoms with Crippen LogP contribution in [0.2, 0.25) is 0 Å². The fourth-order valence-corrected chi connectivity index (χ4v) is 3.78. The van der Waals surface area contributed by atoms with Crippen LogP contribution in [0.25, 0.3) is 0 Å². The Morgan fingerprint density at radius 3 is 2.52 bits per heavy atom. The first kappa shape index (κ1) is 19.5. The Morgan fingerprint density at radius 2 is 1.92 bits per heavy atom. The lowest BCUT2D eigenvalue weighted by Crippen LogP contribution is -2.24. The van der Waals surface area contributed by atoms with E-state index in [4.69, 9.17) is 9.47 Å². The third kappa shape index (κ3) is 4.41. The van der Waals surface area contributed by atoms with E-state index in [0.717, 1.165) is 17.1 Å². The number of carbonyl (C=O) groups is 1. The molecule has 1 aliphatic carbocycles. The van der Waals surface area contributed by atoms with E-state index in [2.05, 4.69) is 19.1 Å². The zero-order chi connectivity index (χ0) is 18.6. The van der Waals surface area contributed by atoms with E-state index >= 15 is 0 Å². The van der Waals surface area contributed by atoms with Gasteiger partial charge in [0, 0.05) is 14.1 Å². The van der Waals surface area contributed by atoms with Gasteiger partial charge in [0.1, 0.15) is 10.6 Å². The molecular formula is C18H25NO5S. The lowest BCUT2D eigenvalue weighted by molar-refractivity contribution is 0.0395. The van der Waals surface area contributed by atoms with E-state index in [1.165, 1.54) is 39.4 Å². The molecular weight excluding hydrogens is 342 g/mol. The van der Waals surface area contributed by atoms with Gasteiger partial charge in [-0.2, -0.15) is 0 Å². The number of carbonyl (C=O) groups excluding carboxylic acids is 1. The van der Waals surface area contributed by atoms with Crippen molar-refractivity contribution in [3.05, 3.63) is 35.9 Å². The Balaban J connectivity index is 2.19. The summed E-state index contributed by atoms with van der Waals surface area (Å²) in [5, 5.41) is 0. The molecule has 0 radical (unpaired) electrons. The predicted molar refractivity (Wildman–Crippen MR) is 95.2 cm³/mol. The Morgan fingerprint density at radius 1 is 1.24 bits per heavy atom. The molecule has 25 heavy (non-hydrogen) atoms. The van der Waals surface area contributed by atoms with Crippen LogP contribution < -0.4 is 4.74 Å². The first-order valence-corrected chi connectivity index (χ1v) is 9.64. The summed E-state index contributed by atoms with van der Waals surface area (Å²) in [5.41, 5.74) is 0.195. The monoisotopic (exact) mass is 367 g/mol. The van der Waals surface area contributed by atoms with Crippen LogP contribution >= 0.6 is 0 Å². The second-order valence-corrected chi connectivity index (χ2v) is 8.55. The van der Waals surface area contributed by atoms with Crippen LogP contribution in [0.15, 0.2) is 35.2 Å². The summed E-state index contributed by atoms with van der Waals surface area (Å²) in [6.07, 6.45) is 6.12. The van der Waals surface area contributed by atoms with Crippen molar-refractivity contribution in [1.82, 2.24) is 4.31 Å². The maximum atomic E-state index is 12.4. The van der Waals surface area contributed by atoms with Crippen LogP contribution in [0.5, 0.6) is 5.75 Å². The van der Waals surface area contributed by atoms with E-state index in [1.807, 2.05) is 0 Å². The zero-order valence-electron chi connectivity index (χ0n) is 15.1. The molecule has 1 aliphatic rings. The second kappa shape index (κ2) is 8.01. The highest BCUT2D eigenvalue weighted by molar-refractivity contribution is 7.89. The quantitative estimate of drug-likeness (QED) is 0.571. The molecule has 1 aromatic rings. The van der Waals surface area contributed by atoms with E-state index in [1.54, 1.807) is 0 Å². The molecule has 0 spiro atoms. The molecule has 0 amide bonds. The molecule has 0 aliphatic heterocycles. The fourth-order valence-electron chi connectivity index (χ4n) is 2.71. The number of nitrogens with zero attached hydrogens (tertiary/aromatic N) is 1. The van der Waals surface area contributed by atoms with E-state index in [0.29, 0.717) is 12.5 Å². The lowest BCUT2D eigenvalue weighted by Gasteiger charge is -2.24. The van der Waals surface area contributed by atoms with Gasteiger partial charge in [-0.05, 0) is 42.9 Å². The summed E-state index contributed by atoms with van der Waals surface area (Å²) < 4.78 is 36.5. The van der Waals surface area contributed by atoms with Crippen LogP contribution in [-0.2, 0) is 14.8 Å². The first-order valence-electron chi connectivity index (χ1n) is 8.20. The first-order chi connectivity index (χ1) is 11.8. The molecule has 2 atom stereocenters. The van der Waals surface area contributed by atoms with Crippen LogP contribution in [0.4, 0.5) is 0 Å². The van der Waals surface area contributed by atoms with Gasteiger partial charge >= 0.3 is 5.97 Å². The van der Waals surface area contributed by atoms with Gasteiger partial charge in [-0.1, -0.05) is 19.1 Å². The molecule has 0 bridgehead atoms. The van der Waals surface area contributed by atoms with Gasteiger partial charge < -0.3 is 9.47 Å². The molecule has 0 heterocycles. The number of ether oxygens (including phenoxy) is 2. The molecule has 7 heteroatoms. The molecule has 0 aromatic heterocycles. The number of sulfonamides is 1. The van der Waals surface area contributed by atoms with Gasteiger partial charge in [0.25, 0.3) is 0 Å². The lowest BCUT2D eigenvalue weighted by atomic mass is 9.85. The summed E-state index contributed by atoms with van der Waals surface area (Å²) in [6.45, 7) is 2.46. The smallest absolute Gasteiger partial charge is 0.338 e. The van der Waals surface area contributed by atoms with Crippen molar-refractivity contribution < 1.29 is 22.7 Å². The predicted octanol–water partition coefficient (Wildman–Crippen LogP) is 2.70. The summed E-state index contributed by atoms with van der Waals surface area (Å²) in [5.74, 6) is 0.409. The maximum Gasteiger partial charge on any atom is 0.338 e. The average molecular weight is 367 g/mol. The van der Waals surface area contributed by atoms with Gasteiger partial charge in [0.15, 0.2) is 0 Å². The number of benzene rings is 1. The number of esters is 1. The number of hydrogen-bond donors (Lipinski definition) is 0. The molecule has 1 aromatic carbocycles. The van der Waals surface area contributed by atoms with Gasteiger partial charge in [-0.25, -0.2) is 17.5 Å². The molecule has 0 N–H and O–H groups in total. The molecule has 2 unspecified atom stereocenters. The molecule has 0 saturated carbocycles. The topological polar surface area (TPSA) is 72.9 Å². The van der Waals surface area contributed by atoms with Crippen LogP contribution in [0, 0.1) is 11.8 Å². The van der Waals surface area contributed by atoms with Crippen molar-refractivity contribution in [2.75, 3.05) is 27.8 Å². The van der Waals surface area contributed by atoms with E-state index < -0.39 is 16.0 Å². The largest absolute Gasteiger partial charge is 0.495 e. The van der Waals surface area contributed by atoms with Crippen molar-refractivity contribution in [3.8, 4) is 5.75 Å². The Labute approximate surface area is 149 Å². The third-order valence-electron chi connectivity index (χ3n) is 4.50. The molecule has 6 nitrogen and oxygen atoms in total. The molecule has 0 saturated heterocycles. The van der Waals surface area contributed by atoms with Crippen LogP contribution in [0.3, 0.4) is 0 Å². The van der Waals surface area contributed by atoms with Crippen molar-refractivity contribution in [1.29, 1.82) is 0 Å². The molecule has 0 fully saturated rings. The molecule has 2 rings (SSSR count). The summed E-state index contributed by atoms with van der Waals surface area (Å²) in [6, 6.07) is 4.29. The minimum absolute atomic E-state index is 0.0524. The second-order valence-electron chi connectivity index (χ2n) is 6.43. The number of hydrogen-bond acceptors (Lipinski definition) is 5. The van der Waals surface area contributed by atoms with Gasteiger partial charge in [0.2, 0.25) is 10.0 Å². The Bertz CT molecular complexity index is 755. The van der Waals surface area contributed by atoms with Gasteiger partial charge in [-0.3, -0.25) is 0 Å². The van der Waals surface area contributed by atoms with Gasteiger partial charge in [-0.15, -0.1) is 0 Å². The maximum absolute atomic E-state index is 12.4. The summed E-state index contributed by atoms with van der Waals surface area (Å²) in [7, 11) is 0.517. The minimum atomic E-state index is -3.73. The van der Waals surface area contributed by atoms with Crippen molar-refractivity contribution in [2.45, 2.75) is 24.7 Å². The highest BCUT2D eigenvalue weighted by Crippen LogP contribution is 2.28. The number of methoxy groups -OCH3 is 1. The van der Waals surface area contributed by atoms with E-state index in [9.17, 15) is 13.2 Å². The number of allylic oxidation sites excluding steroid dienone is 2. The van der Waals surface area contributed by atoms with Crippen LogP contribution in [-0.4, -0.2) is 46.5 Å². The average Bonchev–Trinajstić information content (AvgIpc) is 2.60. The van der Waals surface area contributed by atoms with Crippen molar-refractivity contribution in [2.24, 2.45) is 11.8 Å². The Kier molecular flexibility index (Phi) is 6.24. The third-order valence-corrected chi connectivity index (χ3v) is 6.34. The SMILES string of the molecule is COc1ccc(C(=O)OCC2CC=CCC2C)cc1S(=O)(=O)N(C)C. The highest BCUT2D eigenvalue weighted by Gasteiger charge is 2.25. The normalized spacial score (nSPS) is 20.5. The summed E-state index contributed by atoms with van der Waals surface area (Å²) >= 11 is 0. The Hall–Kier alpha value is -1.86. The molecule has 138 valence electrons. The minimum Gasteiger partial charge on any atom is -0.495 e. The summed E-state index contributed by atoms with van der Waals surface area (Å²) in [4.78, 5) is 12.3. The highest BCUT2D eigenvalue weighted by atomic mass is 32.2.